The lowest BCUT2D eigenvalue weighted by Crippen LogP contribution is -2.45. The summed E-state index contributed by atoms with van der Waals surface area (Å²) in [7, 11) is 1.75. The first-order chi connectivity index (χ1) is 9.08. The molecule has 0 aliphatic carbocycles. The first-order valence-corrected chi connectivity index (χ1v) is 7.32. The number of rotatable bonds is 7. The number of aliphatic carboxylic acids is 1. The SMILES string of the molecule is CCCC(C)N(C)C(=O)NCC(CC(C)(C)C)C(=O)O. The van der Waals surface area contributed by atoms with E-state index in [0.717, 1.165) is 12.8 Å². The molecule has 0 rings (SSSR count). The van der Waals surface area contributed by atoms with Gasteiger partial charge in [-0.05, 0) is 25.2 Å². The van der Waals surface area contributed by atoms with Gasteiger partial charge in [0, 0.05) is 19.6 Å². The predicted octanol–water partition coefficient (Wildman–Crippen LogP) is 2.95. The Labute approximate surface area is 122 Å². The van der Waals surface area contributed by atoms with E-state index in [1.807, 2.05) is 27.7 Å². The van der Waals surface area contributed by atoms with Crippen molar-refractivity contribution in [2.75, 3.05) is 13.6 Å². The van der Waals surface area contributed by atoms with Gasteiger partial charge < -0.3 is 15.3 Å². The Hall–Kier alpha value is -1.26. The molecule has 2 N–H and O–H groups in total. The first-order valence-electron chi connectivity index (χ1n) is 7.32. The highest BCUT2D eigenvalue weighted by Gasteiger charge is 2.25. The van der Waals surface area contributed by atoms with Gasteiger partial charge in [-0.1, -0.05) is 34.1 Å². The average Bonchev–Trinajstić information content (AvgIpc) is 2.31. The Morgan fingerprint density at radius 1 is 1.30 bits per heavy atom. The highest BCUT2D eigenvalue weighted by Crippen LogP contribution is 2.24. The van der Waals surface area contributed by atoms with Gasteiger partial charge in [0.1, 0.15) is 0 Å². The molecular weight excluding hydrogens is 256 g/mol. The fourth-order valence-corrected chi connectivity index (χ4v) is 2.13. The summed E-state index contributed by atoms with van der Waals surface area (Å²) < 4.78 is 0. The van der Waals surface area contributed by atoms with Gasteiger partial charge in [-0.2, -0.15) is 0 Å². The van der Waals surface area contributed by atoms with Crippen LogP contribution in [0, 0.1) is 11.3 Å². The number of amides is 2. The molecule has 5 nitrogen and oxygen atoms in total. The van der Waals surface area contributed by atoms with E-state index in [1.54, 1.807) is 11.9 Å². The second kappa shape index (κ2) is 8.12. The van der Waals surface area contributed by atoms with E-state index in [4.69, 9.17) is 0 Å². The maximum absolute atomic E-state index is 12.0. The topological polar surface area (TPSA) is 69.6 Å². The van der Waals surface area contributed by atoms with Crippen LogP contribution in [-0.2, 0) is 4.79 Å². The van der Waals surface area contributed by atoms with Crippen LogP contribution in [0.25, 0.3) is 0 Å². The van der Waals surface area contributed by atoms with Gasteiger partial charge in [0.05, 0.1) is 5.92 Å². The van der Waals surface area contributed by atoms with E-state index in [0.29, 0.717) is 6.42 Å². The molecule has 5 heteroatoms. The summed E-state index contributed by atoms with van der Waals surface area (Å²) >= 11 is 0. The van der Waals surface area contributed by atoms with Crippen LogP contribution in [0.4, 0.5) is 4.79 Å². The monoisotopic (exact) mass is 286 g/mol. The number of hydrogen-bond acceptors (Lipinski definition) is 2. The average molecular weight is 286 g/mol. The molecule has 0 aliphatic heterocycles. The molecule has 0 heterocycles. The molecule has 118 valence electrons. The summed E-state index contributed by atoms with van der Waals surface area (Å²) in [5.41, 5.74) is -0.0742. The highest BCUT2D eigenvalue weighted by molar-refractivity contribution is 5.76. The van der Waals surface area contributed by atoms with Crippen LogP contribution in [0.5, 0.6) is 0 Å². The van der Waals surface area contributed by atoms with Crippen molar-refractivity contribution in [3.63, 3.8) is 0 Å². The Balaban J connectivity index is 4.41. The number of nitrogens with one attached hydrogen (secondary N) is 1. The Morgan fingerprint density at radius 2 is 1.85 bits per heavy atom. The first kappa shape index (κ1) is 18.7. The van der Waals surface area contributed by atoms with Crippen LogP contribution in [-0.4, -0.2) is 41.6 Å². The maximum atomic E-state index is 12.0. The van der Waals surface area contributed by atoms with Crippen LogP contribution in [0.2, 0.25) is 0 Å². The Morgan fingerprint density at radius 3 is 2.25 bits per heavy atom. The molecule has 2 unspecified atom stereocenters. The van der Waals surface area contributed by atoms with E-state index in [9.17, 15) is 14.7 Å². The van der Waals surface area contributed by atoms with Gasteiger partial charge >= 0.3 is 12.0 Å². The van der Waals surface area contributed by atoms with Crippen LogP contribution < -0.4 is 5.32 Å². The van der Waals surface area contributed by atoms with Crippen LogP contribution >= 0.6 is 0 Å². The Kier molecular flexibility index (Phi) is 7.61. The van der Waals surface area contributed by atoms with Gasteiger partial charge in [-0.3, -0.25) is 4.79 Å². The lowest BCUT2D eigenvalue weighted by Gasteiger charge is -2.27. The number of carboxylic acid groups (broad SMARTS) is 1. The highest BCUT2D eigenvalue weighted by atomic mass is 16.4. The van der Waals surface area contributed by atoms with Crippen molar-refractivity contribution in [3.05, 3.63) is 0 Å². The van der Waals surface area contributed by atoms with Crippen molar-refractivity contribution in [2.45, 2.75) is 59.9 Å². The zero-order valence-electron chi connectivity index (χ0n) is 13.7. The fraction of sp³-hybridized carbons (Fsp3) is 0.867. The number of urea groups is 1. The molecule has 0 fully saturated rings. The summed E-state index contributed by atoms with van der Waals surface area (Å²) in [6, 6.07) is -0.0444. The van der Waals surface area contributed by atoms with Crippen molar-refractivity contribution >= 4 is 12.0 Å². The molecule has 0 aromatic carbocycles. The largest absolute Gasteiger partial charge is 0.481 e. The van der Waals surface area contributed by atoms with Crippen molar-refractivity contribution < 1.29 is 14.7 Å². The minimum absolute atomic E-state index is 0.0742. The Bertz CT molecular complexity index is 324. The molecule has 2 atom stereocenters. The van der Waals surface area contributed by atoms with Gasteiger partial charge in [0.25, 0.3) is 0 Å². The summed E-state index contributed by atoms with van der Waals surface area (Å²) in [6.07, 6.45) is 2.49. The van der Waals surface area contributed by atoms with Gasteiger partial charge in [-0.15, -0.1) is 0 Å². The molecule has 0 spiro atoms. The molecule has 20 heavy (non-hydrogen) atoms. The normalized spacial score (nSPS) is 14.5. The van der Waals surface area contributed by atoms with Crippen LogP contribution in [0.1, 0.15) is 53.9 Å². The molecule has 0 aromatic rings. The fourth-order valence-electron chi connectivity index (χ4n) is 2.13. The molecule has 0 radical (unpaired) electrons. The van der Waals surface area contributed by atoms with Crippen molar-refractivity contribution in [1.29, 1.82) is 0 Å². The predicted molar refractivity (Wildman–Crippen MR) is 80.7 cm³/mol. The molecule has 0 saturated heterocycles. The van der Waals surface area contributed by atoms with Crippen molar-refractivity contribution in [1.82, 2.24) is 10.2 Å². The van der Waals surface area contributed by atoms with Crippen LogP contribution in [0.15, 0.2) is 0 Å². The standard InChI is InChI=1S/C15H30N2O3/c1-7-8-11(2)17(6)14(20)16-10-12(13(18)19)9-15(3,4)5/h11-12H,7-10H2,1-6H3,(H,16,20)(H,18,19). The smallest absolute Gasteiger partial charge is 0.317 e. The molecule has 0 aromatic heterocycles. The number of carboxylic acids is 1. The summed E-state index contributed by atoms with van der Waals surface area (Å²) in [5.74, 6) is -1.40. The number of nitrogens with zero attached hydrogens (tertiary/aromatic N) is 1. The molecular formula is C15H30N2O3. The number of hydrogen-bond donors (Lipinski definition) is 2. The lowest BCUT2D eigenvalue weighted by molar-refractivity contribution is -0.142. The summed E-state index contributed by atoms with van der Waals surface area (Å²) in [6.45, 7) is 10.2. The number of carbonyl (C=O) groups is 2. The van der Waals surface area contributed by atoms with Gasteiger partial charge in [0.15, 0.2) is 0 Å². The number of carbonyl (C=O) groups excluding carboxylic acids is 1. The van der Waals surface area contributed by atoms with Gasteiger partial charge in [-0.25, -0.2) is 4.79 Å². The van der Waals surface area contributed by atoms with E-state index >= 15 is 0 Å². The third-order valence-corrected chi connectivity index (χ3v) is 3.40. The summed E-state index contributed by atoms with van der Waals surface area (Å²) in [5, 5.41) is 11.9. The molecule has 0 bridgehead atoms. The zero-order valence-corrected chi connectivity index (χ0v) is 13.7. The third-order valence-electron chi connectivity index (χ3n) is 3.40. The van der Waals surface area contributed by atoms with Crippen LogP contribution in [0.3, 0.4) is 0 Å². The maximum Gasteiger partial charge on any atom is 0.317 e. The van der Waals surface area contributed by atoms with E-state index in [-0.39, 0.29) is 24.0 Å². The molecule has 0 saturated carbocycles. The molecule has 2 amide bonds. The quantitative estimate of drug-likeness (QED) is 0.756. The van der Waals surface area contributed by atoms with E-state index < -0.39 is 11.9 Å². The second-order valence-corrected chi connectivity index (χ2v) is 6.73. The van der Waals surface area contributed by atoms with Crippen molar-refractivity contribution in [2.24, 2.45) is 11.3 Å². The van der Waals surface area contributed by atoms with E-state index in [1.165, 1.54) is 0 Å². The minimum atomic E-state index is -0.857. The minimum Gasteiger partial charge on any atom is -0.481 e. The third kappa shape index (κ3) is 7.36. The zero-order chi connectivity index (χ0) is 15.9. The molecule has 0 aliphatic rings. The van der Waals surface area contributed by atoms with E-state index in [2.05, 4.69) is 12.2 Å². The second-order valence-electron chi connectivity index (χ2n) is 6.73. The summed E-state index contributed by atoms with van der Waals surface area (Å²) in [4.78, 5) is 24.8. The lowest BCUT2D eigenvalue weighted by atomic mass is 9.84. The van der Waals surface area contributed by atoms with Gasteiger partial charge in [0.2, 0.25) is 0 Å². The van der Waals surface area contributed by atoms with Crippen molar-refractivity contribution in [3.8, 4) is 0 Å².